The van der Waals surface area contributed by atoms with Gasteiger partial charge in [-0.1, -0.05) is 39.7 Å². The van der Waals surface area contributed by atoms with Gasteiger partial charge in [0.05, 0.1) is 12.7 Å². The maximum absolute atomic E-state index is 12.2. The van der Waals surface area contributed by atoms with E-state index >= 15 is 0 Å². The molecule has 0 aliphatic heterocycles. The van der Waals surface area contributed by atoms with E-state index in [1.54, 1.807) is 18.2 Å². The molecule has 20 heavy (non-hydrogen) atoms. The van der Waals surface area contributed by atoms with Gasteiger partial charge in [-0.3, -0.25) is 4.79 Å². The molecular formula is C15H13BrClNO2. The molecule has 0 saturated heterocycles. The fourth-order valence-electron chi connectivity index (χ4n) is 1.73. The van der Waals surface area contributed by atoms with Crippen molar-refractivity contribution in [3.05, 3.63) is 58.6 Å². The number of benzene rings is 2. The highest BCUT2D eigenvalue weighted by Crippen LogP contribution is 2.24. The zero-order valence-electron chi connectivity index (χ0n) is 10.8. The summed E-state index contributed by atoms with van der Waals surface area (Å²) >= 11 is 9.30. The van der Waals surface area contributed by atoms with Crippen molar-refractivity contribution in [2.75, 3.05) is 12.4 Å². The maximum Gasteiger partial charge on any atom is 0.259 e. The number of carbonyl (C=O) groups is 1. The minimum Gasteiger partial charge on any atom is -0.496 e. The number of ether oxygens (including phenoxy) is 1. The van der Waals surface area contributed by atoms with Crippen LogP contribution in [0, 0.1) is 0 Å². The zero-order valence-corrected chi connectivity index (χ0v) is 13.2. The second-order valence-corrected chi connectivity index (χ2v) is 5.13. The summed E-state index contributed by atoms with van der Waals surface area (Å²) in [4.78, 5) is 12.2. The highest BCUT2D eigenvalue weighted by Gasteiger charge is 2.13. The fraction of sp³-hybridized carbons (Fsp3) is 0.133. The number of alkyl halides is 1. The molecule has 0 aliphatic rings. The molecule has 1 amide bonds. The van der Waals surface area contributed by atoms with Crippen molar-refractivity contribution in [3.8, 4) is 5.75 Å². The minimum atomic E-state index is -0.254. The smallest absolute Gasteiger partial charge is 0.259 e. The highest BCUT2D eigenvalue weighted by molar-refractivity contribution is 9.08. The molecule has 0 fully saturated rings. The third-order valence-electron chi connectivity index (χ3n) is 2.77. The molecule has 0 heterocycles. The summed E-state index contributed by atoms with van der Waals surface area (Å²) < 4.78 is 5.17. The van der Waals surface area contributed by atoms with E-state index in [0.29, 0.717) is 16.3 Å². The topological polar surface area (TPSA) is 38.3 Å². The van der Waals surface area contributed by atoms with E-state index in [2.05, 4.69) is 21.2 Å². The Kier molecular flexibility index (Phi) is 5.04. The Morgan fingerprint density at radius 3 is 2.55 bits per heavy atom. The van der Waals surface area contributed by atoms with Crippen LogP contribution in [0.4, 0.5) is 5.69 Å². The van der Waals surface area contributed by atoms with Crippen molar-refractivity contribution in [1.29, 1.82) is 0 Å². The summed E-state index contributed by atoms with van der Waals surface area (Å²) in [5.41, 5.74) is 2.27. The molecule has 104 valence electrons. The first kappa shape index (κ1) is 14.9. The molecule has 0 bridgehead atoms. The molecule has 2 rings (SSSR count). The lowest BCUT2D eigenvalue weighted by Gasteiger charge is -2.10. The van der Waals surface area contributed by atoms with Gasteiger partial charge in [-0.2, -0.15) is 0 Å². The Bertz CT molecular complexity index is 614. The van der Waals surface area contributed by atoms with Crippen LogP contribution >= 0.6 is 27.5 Å². The van der Waals surface area contributed by atoms with Crippen molar-refractivity contribution in [1.82, 2.24) is 0 Å². The SMILES string of the molecule is COc1ccc(Cl)cc1C(=O)Nc1ccc(CBr)cc1. The predicted molar refractivity (Wildman–Crippen MR) is 85.0 cm³/mol. The van der Waals surface area contributed by atoms with E-state index in [-0.39, 0.29) is 5.91 Å². The van der Waals surface area contributed by atoms with Gasteiger partial charge in [0, 0.05) is 16.0 Å². The lowest BCUT2D eigenvalue weighted by atomic mass is 10.1. The molecule has 1 N–H and O–H groups in total. The van der Waals surface area contributed by atoms with Crippen molar-refractivity contribution >= 4 is 39.1 Å². The largest absolute Gasteiger partial charge is 0.496 e. The summed E-state index contributed by atoms with van der Waals surface area (Å²) in [5, 5.41) is 4.09. The van der Waals surface area contributed by atoms with Gasteiger partial charge in [-0.05, 0) is 35.9 Å². The third-order valence-corrected chi connectivity index (χ3v) is 3.65. The van der Waals surface area contributed by atoms with Gasteiger partial charge in [0.2, 0.25) is 0 Å². The summed E-state index contributed by atoms with van der Waals surface area (Å²) in [5.74, 6) is 0.236. The van der Waals surface area contributed by atoms with Crippen LogP contribution in [0.25, 0.3) is 0 Å². The molecule has 0 aromatic heterocycles. The van der Waals surface area contributed by atoms with Crippen LogP contribution in [0.1, 0.15) is 15.9 Å². The minimum absolute atomic E-state index is 0.254. The van der Waals surface area contributed by atoms with E-state index in [9.17, 15) is 4.79 Å². The molecule has 5 heteroatoms. The zero-order chi connectivity index (χ0) is 14.5. The van der Waals surface area contributed by atoms with Crippen molar-refractivity contribution < 1.29 is 9.53 Å². The average molecular weight is 355 g/mol. The molecule has 0 aliphatic carbocycles. The number of hydrogen-bond acceptors (Lipinski definition) is 2. The van der Waals surface area contributed by atoms with Crippen LogP contribution < -0.4 is 10.1 Å². The third kappa shape index (κ3) is 3.52. The molecule has 0 saturated carbocycles. The van der Waals surface area contributed by atoms with Gasteiger partial charge < -0.3 is 10.1 Å². The van der Waals surface area contributed by atoms with Gasteiger partial charge >= 0.3 is 0 Å². The Balaban J connectivity index is 2.20. The maximum atomic E-state index is 12.2. The van der Waals surface area contributed by atoms with E-state index in [0.717, 1.165) is 16.6 Å². The molecule has 2 aromatic rings. The van der Waals surface area contributed by atoms with E-state index in [1.807, 2.05) is 24.3 Å². The summed E-state index contributed by atoms with van der Waals surface area (Å²) in [6.07, 6.45) is 0. The Hall–Kier alpha value is -1.52. The second kappa shape index (κ2) is 6.77. The molecule has 3 nitrogen and oxygen atoms in total. The van der Waals surface area contributed by atoms with Crippen LogP contribution in [-0.4, -0.2) is 13.0 Å². The first-order valence-electron chi connectivity index (χ1n) is 5.94. The Morgan fingerprint density at radius 2 is 1.95 bits per heavy atom. The molecule has 0 radical (unpaired) electrons. The average Bonchev–Trinajstić information content (AvgIpc) is 2.48. The van der Waals surface area contributed by atoms with Crippen molar-refractivity contribution in [3.63, 3.8) is 0 Å². The number of hydrogen-bond donors (Lipinski definition) is 1. The quantitative estimate of drug-likeness (QED) is 0.821. The summed E-state index contributed by atoms with van der Waals surface area (Å²) in [7, 11) is 1.52. The number of carbonyl (C=O) groups excluding carboxylic acids is 1. The van der Waals surface area contributed by atoms with Gasteiger partial charge in [0.1, 0.15) is 5.75 Å². The lowest BCUT2D eigenvalue weighted by molar-refractivity contribution is 0.102. The van der Waals surface area contributed by atoms with Gasteiger partial charge in [0.25, 0.3) is 5.91 Å². The number of nitrogens with one attached hydrogen (secondary N) is 1. The number of halogens is 2. The predicted octanol–water partition coefficient (Wildman–Crippen LogP) is 4.50. The molecule has 0 atom stereocenters. The molecule has 0 unspecified atom stereocenters. The number of rotatable bonds is 4. The Morgan fingerprint density at radius 1 is 1.25 bits per heavy atom. The van der Waals surface area contributed by atoms with Crippen LogP contribution in [0.5, 0.6) is 5.75 Å². The standard InChI is InChI=1S/C15H13BrClNO2/c1-20-14-7-4-11(17)8-13(14)15(19)18-12-5-2-10(9-16)3-6-12/h2-8H,9H2,1H3,(H,18,19). The van der Waals surface area contributed by atoms with E-state index < -0.39 is 0 Å². The van der Waals surface area contributed by atoms with Gasteiger partial charge in [-0.15, -0.1) is 0 Å². The first-order valence-corrected chi connectivity index (χ1v) is 7.44. The van der Waals surface area contributed by atoms with E-state index in [1.165, 1.54) is 7.11 Å². The molecule has 0 spiro atoms. The highest BCUT2D eigenvalue weighted by atomic mass is 79.9. The van der Waals surface area contributed by atoms with Gasteiger partial charge in [-0.25, -0.2) is 0 Å². The van der Waals surface area contributed by atoms with Crippen LogP contribution in [-0.2, 0) is 5.33 Å². The molecular weight excluding hydrogens is 342 g/mol. The number of methoxy groups -OCH3 is 1. The fourth-order valence-corrected chi connectivity index (χ4v) is 2.28. The van der Waals surface area contributed by atoms with Crippen molar-refractivity contribution in [2.24, 2.45) is 0 Å². The number of amides is 1. The van der Waals surface area contributed by atoms with E-state index in [4.69, 9.17) is 16.3 Å². The number of anilines is 1. The summed E-state index contributed by atoms with van der Waals surface area (Å²) in [6.45, 7) is 0. The summed E-state index contributed by atoms with van der Waals surface area (Å²) in [6, 6.07) is 12.5. The Labute approximate surface area is 131 Å². The monoisotopic (exact) mass is 353 g/mol. The normalized spacial score (nSPS) is 10.2. The van der Waals surface area contributed by atoms with Crippen LogP contribution in [0.15, 0.2) is 42.5 Å². The van der Waals surface area contributed by atoms with Crippen LogP contribution in [0.3, 0.4) is 0 Å². The second-order valence-electron chi connectivity index (χ2n) is 4.13. The molecule has 2 aromatic carbocycles. The lowest BCUT2D eigenvalue weighted by Crippen LogP contribution is -2.13. The van der Waals surface area contributed by atoms with Crippen molar-refractivity contribution in [2.45, 2.75) is 5.33 Å². The van der Waals surface area contributed by atoms with Crippen LogP contribution in [0.2, 0.25) is 5.02 Å². The van der Waals surface area contributed by atoms with Gasteiger partial charge in [0.15, 0.2) is 0 Å². The first-order chi connectivity index (χ1) is 9.63.